The van der Waals surface area contributed by atoms with Gasteiger partial charge in [0.05, 0.1) is 26.8 Å². The van der Waals surface area contributed by atoms with Crippen LogP contribution in [0.1, 0.15) is 0 Å². The fraction of sp³-hybridized carbons (Fsp3) is 0.188. The van der Waals surface area contributed by atoms with Crippen molar-refractivity contribution in [3.05, 3.63) is 42.5 Å². The van der Waals surface area contributed by atoms with E-state index in [0.29, 0.717) is 5.75 Å². The number of halogens is 1. The molecule has 3 rings (SSSR count). The number of fused-ring (bicyclic) bond motifs is 1. The number of imidazole rings is 1. The third-order valence-electron chi connectivity index (χ3n) is 3.68. The molecular weight excluding hydrogens is 288 g/mol. The van der Waals surface area contributed by atoms with E-state index in [-0.39, 0.29) is 18.2 Å². The van der Waals surface area contributed by atoms with Crippen LogP contribution >= 0.6 is 12.4 Å². The Morgan fingerprint density at radius 1 is 1.14 bits per heavy atom. The molecule has 0 radical (unpaired) electrons. The van der Waals surface area contributed by atoms with Crippen molar-refractivity contribution in [1.82, 2.24) is 4.57 Å². The van der Waals surface area contributed by atoms with E-state index in [1.165, 1.54) is 0 Å². The van der Waals surface area contributed by atoms with Crippen molar-refractivity contribution in [2.45, 2.75) is 0 Å². The fourth-order valence-electron chi connectivity index (χ4n) is 2.69. The van der Waals surface area contributed by atoms with Crippen molar-refractivity contribution < 1.29 is 14.4 Å². The maximum absolute atomic E-state index is 9.72. The molecule has 0 spiro atoms. The molecule has 5 heteroatoms. The zero-order chi connectivity index (χ0) is 14.3. The molecule has 1 heterocycles. The molecule has 0 unspecified atom stereocenters. The number of methoxy groups -OCH3 is 1. The van der Waals surface area contributed by atoms with Crippen LogP contribution < -0.4 is 9.30 Å². The molecule has 1 N–H and O–H groups in total. The maximum Gasteiger partial charge on any atom is 0.289 e. The lowest BCUT2D eigenvalue weighted by Crippen LogP contribution is -2.29. The Kier molecular flexibility index (Phi) is 4.09. The molecule has 3 aromatic rings. The van der Waals surface area contributed by atoms with Gasteiger partial charge in [-0.15, -0.1) is 12.4 Å². The molecule has 0 aliphatic rings. The molecule has 0 bridgehead atoms. The van der Waals surface area contributed by atoms with E-state index >= 15 is 0 Å². The number of hydrogen-bond acceptors (Lipinski definition) is 2. The van der Waals surface area contributed by atoms with Gasteiger partial charge in [0.15, 0.2) is 22.5 Å². The van der Waals surface area contributed by atoms with Gasteiger partial charge in [-0.05, 0) is 30.3 Å². The summed E-state index contributed by atoms with van der Waals surface area (Å²) >= 11 is 0. The highest BCUT2D eigenvalue weighted by Gasteiger charge is 2.22. The summed E-state index contributed by atoms with van der Waals surface area (Å²) in [5, 5.41) is 9.72. The van der Waals surface area contributed by atoms with Crippen molar-refractivity contribution in [2.24, 2.45) is 14.1 Å². The summed E-state index contributed by atoms with van der Waals surface area (Å²) in [6.07, 6.45) is 0. The van der Waals surface area contributed by atoms with Crippen molar-refractivity contribution >= 4 is 23.4 Å². The molecule has 110 valence electrons. The van der Waals surface area contributed by atoms with Gasteiger partial charge in [0.1, 0.15) is 0 Å². The zero-order valence-corrected chi connectivity index (χ0v) is 13.0. The van der Waals surface area contributed by atoms with E-state index < -0.39 is 0 Å². The minimum atomic E-state index is 0. The number of phenols is 1. The van der Waals surface area contributed by atoms with Gasteiger partial charge in [-0.1, -0.05) is 12.1 Å². The summed E-state index contributed by atoms with van der Waals surface area (Å²) in [6.45, 7) is 0. The average molecular weight is 306 g/mol. The van der Waals surface area contributed by atoms with Gasteiger partial charge in [-0.2, -0.15) is 0 Å². The molecule has 0 saturated carbocycles. The highest BCUT2D eigenvalue weighted by Crippen LogP contribution is 2.31. The van der Waals surface area contributed by atoms with E-state index in [1.807, 2.05) is 38.4 Å². The van der Waals surface area contributed by atoms with Crippen LogP contribution in [0.3, 0.4) is 0 Å². The predicted octanol–water partition coefficient (Wildman–Crippen LogP) is 2.81. The number of nitrogens with zero attached hydrogens (tertiary/aromatic N) is 2. The maximum atomic E-state index is 9.72. The standard InChI is InChI=1S/C16H16N2O2.ClH/c1-17-12-6-4-5-7-13(12)18(2)16(17)11-8-9-14(19)15(10-11)20-3;/h4-10H,1-3H3;1H/p+1. The Morgan fingerprint density at radius 2 is 1.86 bits per heavy atom. The molecule has 0 fully saturated rings. The van der Waals surface area contributed by atoms with Gasteiger partial charge < -0.3 is 9.84 Å². The summed E-state index contributed by atoms with van der Waals surface area (Å²) in [5.74, 6) is 1.69. The van der Waals surface area contributed by atoms with Gasteiger partial charge in [0.2, 0.25) is 0 Å². The molecule has 0 aliphatic carbocycles. The Bertz CT molecular complexity index is 757. The number of hydrogen-bond donors (Lipinski definition) is 1. The summed E-state index contributed by atoms with van der Waals surface area (Å²) in [4.78, 5) is 0. The van der Waals surface area contributed by atoms with E-state index in [4.69, 9.17) is 4.74 Å². The summed E-state index contributed by atoms with van der Waals surface area (Å²) in [5.41, 5.74) is 3.33. The van der Waals surface area contributed by atoms with Crippen molar-refractivity contribution in [1.29, 1.82) is 0 Å². The minimum absolute atomic E-state index is 0. The molecule has 1 aromatic heterocycles. The van der Waals surface area contributed by atoms with Crippen LogP contribution in [0.4, 0.5) is 0 Å². The van der Waals surface area contributed by atoms with Crippen molar-refractivity contribution in [3.63, 3.8) is 0 Å². The lowest BCUT2D eigenvalue weighted by molar-refractivity contribution is -0.634. The van der Waals surface area contributed by atoms with Gasteiger partial charge in [-0.3, -0.25) is 0 Å². The van der Waals surface area contributed by atoms with E-state index in [1.54, 1.807) is 13.2 Å². The summed E-state index contributed by atoms with van der Waals surface area (Å²) < 4.78 is 9.47. The topological polar surface area (TPSA) is 38.3 Å². The number of benzene rings is 2. The second kappa shape index (κ2) is 5.66. The van der Waals surface area contributed by atoms with Gasteiger partial charge in [0.25, 0.3) is 5.82 Å². The van der Waals surface area contributed by atoms with Crippen LogP contribution in [0.5, 0.6) is 11.5 Å². The van der Waals surface area contributed by atoms with Crippen LogP contribution in [0.15, 0.2) is 42.5 Å². The molecule has 4 nitrogen and oxygen atoms in total. The molecular formula is C16H18ClN2O2+. The first-order valence-corrected chi connectivity index (χ1v) is 6.44. The molecule has 0 saturated heterocycles. The number of aryl methyl sites for hydroxylation is 2. The Labute approximate surface area is 129 Å². The second-order valence-electron chi connectivity index (χ2n) is 4.82. The first kappa shape index (κ1) is 15.2. The summed E-state index contributed by atoms with van der Waals surface area (Å²) in [6, 6.07) is 13.7. The number of aromatic hydroxyl groups is 1. The van der Waals surface area contributed by atoms with E-state index in [0.717, 1.165) is 22.4 Å². The first-order valence-electron chi connectivity index (χ1n) is 6.44. The van der Waals surface area contributed by atoms with Crippen LogP contribution in [0.25, 0.3) is 22.4 Å². The van der Waals surface area contributed by atoms with Gasteiger partial charge in [0, 0.05) is 0 Å². The largest absolute Gasteiger partial charge is 0.504 e. The van der Waals surface area contributed by atoms with Crippen LogP contribution in [0.2, 0.25) is 0 Å². The molecule has 2 aromatic carbocycles. The zero-order valence-electron chi connectivity index (χ0n) is 12.2. The monoisotopic (exact) mass is 305 g/mol. The number of aromatic nitrogens is 2. The molecule has 0 amide bonds. The number of rotatable bonds is 2. The third kappa shape index (κ3) is 2.32. The number of ether oxygens (including phenoxy) is 1. The molecule has 21 heavy (non-hydrogen) atoms. The predicted molar refractivity (Wildman–Crippen MR) is 85.0 cm³/mol. The normalized spacial score (nSPS) is 10.4. The first-order chi connectivity index (χ1) is 9.63. The van der Waals surface area contributed by atoms with Gasteiger partial charge in [-0.25, -0.2) is 9.13 Å². The molecule has 0 aliphatic heterocycles. The highest BCUT2D eigenvalue weighted by molar-refractivity contribution is 5.85. The van der Waals surface area contributed by atoms with Crippen LogP contribution in [0, 0.1) is 0 Å². The number of phenolic OH excluding ortho intramolecular Hbond substituents is 1. The SMILES string of the molecule is COc1cc(-c2n(C)c3ccccc3[n+]2C)ccc1O.Cl. The molecule has 0 atom stereocenters. The second-order valence-corrected chi connectivity index (χ2v) is 4.82. The lowest BCUT2D eigenvalue weighted by atomic mass is 10.2. The van der Waals surface area contributed by atoms with Crippen molar-refractivity contribution in [3.8, 4) is 22.9 Å². The highest BCUT2D eigenvalue weighted by atomic mass is 35.5. The van der Waals surface area contributed by atoms with E-state index in [2.05, 4.69) is 21.3 Å². The Morgan fingerprint density at radius 3 is 2.52 bits per heavy atom. The van der Waals surface area contributed by atoms with E-state index in [9.17, 15) is 5.11 Å². The Balaban J connectivity index is 0.00000161. The van der Waals surface area contributed by atoms with Crippen LogP contribution in [-0.2, 0) is 14.1 Å². The lowest BCUT2D eigenvalue weighted by Gasteiger charge is -2.05. The van der Waals surface area contributed by atoms with Crippen molar-refractivity contribution in [2.75, 3.05) is 7.11 Å². The smallest absolute Gasteiger partial charge is 0.289 e. The third-order valence-corrected chi connectivity index (χ3v) is 3.68. The number of para-hydroxylation sites is 2. The summed E-state index contributed by atoms with van der Waals surface area (Å²) in [7, 11) is 5.63. The average Bonchev–Trinajstić information content (AvgIpc) is 2.72. The van der Waals surface area contributed by atoms with Crippen LogP contribution in [-0.4, -0.2) is 16.8 Å². The van der Waals surface area contributed by atoms with Gasteiger partial charge >= 0.3 is 0 Å². The Hall–Kier alpha value is -2.20. The quantitative estimate of drug-likeness (QED) is 0.739. The fourth-order valence-corrected chi connectivity index (χ4v) is 2.69. The minimum Gasteiger partial charge on any atom is -0.504 e.